The van der Waals surface area contributed by atoms with Crippen LogP contribution in [-0.2, 0) is 11.2 Å². The van der Waals surface area contributed by atoms with Crippen molar-refractivity contribution in [1.82, 2.24) is 9.97 Å². The van der Waals surface area contributed by atoms with Crippen LogP contribution in [0.5, 0.6) is 0 Å². The van der Waals surface area contributed by atoms with Crippen molar-refractivity contribution in [3.63, 3.8) is 0 Å². The highest BCUT2D eigenvalue weighted by Gasteiger charge is 2.01. The largest absolute Gasteiger partial charge is 0.481 e. The van der Waals surface area contributed by atoms with E-state index in [1.54, 1.807) is 17.3 Å². The van der Waals surface area contributed by atoms with Gasteiger partial charge in [-0.05, 0) is 12.0 Å². The van der Waals surface area contributed by atoms with Crippen LogP contribution in [0.15, 0.2) is 12.4 Å². The Bertz CT molecular complexity index is 308. The van der Waals surface area contributed by atoms with Gasteiger partial charge in [-0.2, -0.15) is 0 Å². The van der Waals surface area contributed by atoms with E-state index in [4.69, 9.17) is 5.11 Å². The summed E-state index contributed by atoms with van der Waals surface area (Å²) >= 11 is 0. The van der Waals surface area contributed by atoms with E-state index in [2.05, 4.69) is 9.97 Å². The number of carboxylic acid groups (broad SMARTS) is 1. The standard InChI is InChI=1S/C9H13N3O2/c1-12(2)9-10-5-7(6-11-9)3-4-8(13)14/h5-6H,3-4H2,1-2H3,(H,13,14). The minimum Gasteiger partial charge on any atom is -0.481 e. The van der Waals surface area contributed by atoms with E-state index in [-0.39, 0.29) is 6.42 Å². The lowest BCUT2D eigenvalue weighted by atomic mass is 10.2. The van der Waals surface area contributed by atoms with Crippen molar-refractivity contribution < 1.29 is 9.90 Å². The quantitative estimate of drug-likeness (QED) is 0.760. The summed E-state index contributed by atoms with van der Waals surface area (Å²) in [6.07, 6.45) is 3.91. The summed E-state index contributed by atoms with van der Waals surface area (Å²) in [5, 5.41) is 8.47. The summed E-state index contributed by atoms with van der Waals surface area (Å²) in [5.74, 6) is -0.175. The van der Waals surface area contributed by atoms with Crippen LogP contribution in [0.2, 0.25) is 0 Å². The predicted molar refractivity (Wildman–Crippen MR) is 52.3 cm³/mol. The number of nitrogens with zero attached hydrogens (tertiary/aromatic N) is 3. The van der Waals surface area contributed by atoms with E-state index < -0.39 is 5.97 Å². The van der Waals surface area contributed by atoms with Crippen molar-refractivity contribution in [2.24, 2.45) is 0 Å². The second-order valence-corrected chi connectivity index (χ2v) is 3.18. The molecular weight excluding hydrogens is 182 g/mol. The average molecular weight is 195 g/mol. The van der Waals surface area contributed by atoms with E-state index >= 15 is 0 Å². The molecule has 0 unspecified atom stereocenters. The molecule has 0 aliphatic rings. The topological polar surface area (TPSA) is 66.3 Å². The van der Waals surface area contributed by atoms with E-state index in [9.17, 15) is 4.79 Å². The summed E-state index contributed by atoms with van der Waals surface area (Å²) in [5.41, 5.74) is 0.845. The zero-order valence-electron chi connectivity index (χ0n) is 8.27. The zero-order chi connectivity index (χ0) is 10.6. The van der Waals surface area contributed by atoms with E-state index in [1.807, 2.05) is 14.1 Å². The minimum absolute atomic E-state index is 0.116. The zero-order valence-corrected chi connectivity index (χ0v) is 8.27. The van der Waals surface area contributed by atoms with Gasteiger partial charge in [-0.25, -0.2) is 9.97 Å². The molecule has 0 atom stereocenters. The molecule has 1 heterocycles. The van der Waals surface area contributed by atoms with E-state index in [0.29, 0.717) is 12.4 Å². The Hall–Kier alpha value is -1.65. The number of carbonyl (C=O) groups is 1. The molecule has 1 aromatic heterocycles. The number of hydrogen-bond donors (Lipinski definition) is 1. The highest BCUT2D eigenvalue weighted by Crippen LogP contribution is 2.04. The van der Waals surface area contributed by atoms with Crippen molar-refractivity contribution in [3.8, 4) is 0 Å². The van der Waals surface area contributed by atoms with Gasteiger partial charge in [-0.3, -0.25) is 4.79 Å². The predicted octanol–water partition coefficient (Wildman–Crippen LogP) is 0.560. The molecule has 1 rings (SSSR count). The molecule has 0 radical (unpaired) electrons. The number of aromatic nitrogens is 2. The number of aliphatic carboxylic acids is 1. The smallest absolute Gasteiger partial charge is 0.303 e. The van der Waals surface area contributed by atoms with E-state index in [1.165, 1.54) is 0 Å². The third-order valence-corrected chi connectivity index (χ3v) is 1.72. The molecule has 0 aliphatic carbocycles. The molecule has 14 heavy (non-hydrogen) atoms. The molecule has 76 valence electrons. The fraction of sp³-hybridized carbons (Fsp3) is 0.444. The first-order valence-corrected chi connectivity index (χ1v) is 4.29. The average Bonchev–Trinajstić information content (AvgIpc) is 2.15. The first-order valence-electron chi connectivity index (χ1n) is 4.29. The van der Waals surface area contributed by atoms with Gasteiger partial charge >= 0.3 is 5.97 Å². The Morgan fingerprint density at radius 3 is 2.43 bits per heavy atom. The second-order valence-electron chi connectivity index (χ2n) is 3.18. The van der Waals surface area contributed by atoms with Gasteiger partial charge in [0, 0.05) is 32.9 Å². The molecule has 0 saturated heterocycles. The van der Waals surface area contributed by atoms with Gasteiger partial charge in [0.05, 0.1) is 0 Å². The summed E-state index contributed by atoms with van der Waals surface area (Å²) in [7, 11) is 3.71. The molecule has 0 aromatic carbocycles. The van der Waals surface area contributed by atoms with Crippen molar-refractivity contribution in [1.29, 1.82) is 0 Å². The Kier molecular flexibility index (Phi) is 3.39. The summed E-state index contributed by atoms with van der Waals surface area (Å²) in [6, 6.07) is 0. The molecule has 5 nitrogen and oxygen atoms in total. The van der Waals surface area contributed by atoms with Gasteiger partial charge in [-0.1, -0.05) is 0 Å². The number of carboxylic acids is 1. The van der Waals surface area contributed by atoms with Crippen LogP contribution in [0.3, 0.4) is 0 Å². The van der Waals surface area contributed by atoms with Crippen LogP contribution in [0.4, 0.5) is 5.95 Å². The lowest BCUT2D eigenvalue weighted by Crippen LogP contribution is -2.12. The van der Waals surface area contributed by atoms with Gasteiger partial charge in [0.2, 0.25) is 5.95 Å². The van der Waals surface area contributed by atoms with Crippen molar-refractivity contribution in [2.75, 3.05) is 19.0 Å². The molecule has 0 bridgehead atoms. The molecule has 0 amide bonds. The lowest BCUT2D eigenvalue weighted by Gasteiger charge is -2.09. The first kappa shape index (κ1) is 10.4. The van der Waals surface area contributed by atoms with Crippen LogP contribution in [-0.4, -0.2) is 35.1 Å². The van der Waals surface area contributed by atoms with Gasteiger partial charge in [-0.15, -0.1) is 0 Å². The lowest BCUT2D eigenvalue weighted by molar-refractivity contribution is -0.136. The van der Waals surface area contributed by atoms with Crippen LogP contribution in [0.25, 0.3) is 0 Å². The molecule has 0 fully saturated rings. The fourth-order valence-electron chi connectivity index (χ4n) is 0.959. The number of aryl methyl sites for hydroxylation is 1. The normalized spacial score (nSPS) is 9.86. The van der Waals surface area contributed by atoms with Crippen LogP contribution >= 0.6 is 0 Å². The summed E-state index contributed by atoms with van der Waals surface area (Å²) < 4.78 is 0. The van der Waals surface area contributed by atoms with Crippen molar-refractivity contribution in [3.05, 3.63) is 18.0 Å². The molecular formula is C9H13N3O2. The van der Waals surface area contributed by atoms with Gasteiger partial charge in [0.15, 0.2) is 0 Å². The molecule has 0 saturated carbocycles. The van der Waals surface area contributed by atoms with E-state index in [0.717, 1.165) is 5.56 Å². The first-order chi connectivity index (χ1) is 6.59. The molecule has 0 spiro atoms. The second kappa shape index (κ2) is 4.55. The maximum absolute atomic E-state index is 10.3. The summed E-state index contributed by atoms with van der Waals surface area (Å²) in [4.78, 5) is 20.2. The number of rotatable bonds is 4. The minimum atomic E-state index is -0.804. The number of hydrogen-bond acceptors (Lipinski definition) is 4. The van der Waals surface area contributed by atoms with Crippen molar-refractivity contribution >= 4 is 11.9 Å². The number of anilines is 1. The maximum Gasteiger partial charge on any atom is 0.303 e. The Morgan fingerprint density at radius 1 is 1.43 bits per heavy atom. The third-order valence-electron chi connectivity index (χ3n) is 1.72. The van der Waals surface area contributed by atoms with Crippen LogP contribution in [0.1, 0.15) is 12.0 Å². The molecule has 5 heteroatoms. The van der Waals surface area contributed by atoms with Crippen LogP contribution in [0, 0.1) is 0 Å². The molecule has 1 N–H and O–H groups in total. The molecule has 1 aromatic rings. The third kappa shape index (κ3) is 3.01. The highest BCUT2D eigenvalue weighted by molar-refractivity contribution is 5.67. The Labute approximate surface area is 82.4 Å². The van der Waals surface area contributed by atoms with Gasteiger partial charge in [0.1, 0.15) is 0 Å². The van der Waals surface area contributed by atoms with Crippen molar-refractivity contribution in [2.45, 2.75) is 12.8 Å². The maximum atomic E-state index is 10.3. The Balaban J connectivity index is 2.59. The fourth-order valence-corrected chi connectivity index (χ4v) is 0.959. The van der Waals surface area contributed by atoms with Gasteiger partial charge < -0.3 is 10.0 Å². The monoisotopic (exact) mass is 195 g/mol. The molecule has 0 aliphatic heterocycles. The Morgan fingerprint density at radius 2 is 2.00 bits per heavy atom. The van der Waals surface area contributed by atoms with Crippen LogP contribution < -0.4 is 4.90 Å². The summed E-state index contributed by atoms with van der Waals surface area (Å²) in [6.45, 7) is 0. The van der Waals surface area contributed by atoms with Gasteiger partial charge in [0.25, 0.3) is 0 Å². The SMILES string of the molecule is CN(C)c1ncc(CCC(=O)O)cn1. The highest BCUT2D eigenvalue weighted by atomic mass is 16.4.